The molecule has 8 heteroatoms. The lowest BCUT2D eigenvalue weighted by molar-refractivity contribution is 0.317. The van der Waals surface area contributed by atoms with Gasteiger partial charge in [-0.2, -0.15) is 11.8 Å². The molecule has 2 N–H and O–H groups in total. The number of ether oxygens (including phenoxy) is 2. The van der Waals surface area contributed by atoms with Gasteiger partial charge in [0, 0.05) is 36.4 Å². The number of aromatic nitrogens is 1. The highest BCUT2D eigenvalue weighted by molar-refractivity contribution is 14.0. The van der Waals surface area contributed by atoms with Crippen LogP contribution in [0.2, 0.25) is 0 Å². The fraction of sp³-hybridized carbons (Fsp3) is 0.400. The summed E-state index contributed by atoms with van der Waals surface area (Å²) in [6.45, 7) is 5.13. The first-order chi connectivity index (χ1) is 13.3. The second kappa shape index (κ2) is 12.0. The summed E-state index contributed by atoms with van der Waals surface area (Å²) < 4.78 is 11.6. The Bertz CT molecular complexity index is 752. The number of rotatable bonds is 7. The van der Waals surface area contributed by atoms with Gasteiger partial charge in [-0.15, -0.1) is 24.0 Å². The van der Waals surface area contributed by atoms with Crippen molar-refractivity contribution in [2.45, 2.75) is 19.9 Å². The number of nitrogens with zero attached hydrogens (tertiary/aromatic N) is 3. The quantitative estimate of drug-likeness (QED) is 0.340. The summed E-state index contributed by atoms with van der Waals surface area (Å²) in [5.74, 6) is 4.87. The minimum absolute atomic E-state index is 0. The molecule has 0 atom stereocenters. The van der Waals surface area contributed by atoms with Crippen LogP contribution in [0.25, 0.3) is 0 Å². The molecule has 1 saturated heterocycles. The molecule has 1 aromatic heterocycles. The third kappa shape index (κ3) is 6.73. The summed E-state index contributed by atoms with van der Waals surface area (Å²) in [4.78, 5) is 11.0. The van der Waals surface area contributed by atoms with Crippen molar-refractivity contribution in [2.75, 3.05) is 31.2 Å². The van der Waals surface area contributed by atoms with E-state index in [-0.39, 0.29) is 24.0 Å². The maximum absolute atomic E-state index is 6.15. The molecule has 0 saturated carbocycles. The van der Waals surface area contributed by atoms with Gasteiger partial charge < -0.3 is 20.1 Å². The summed E-state index contributed by atoms with van der Waals surface area (Å²) in [7, 11) is 0. The van der Waals surface area contributed by atoms with E-state index < -0.39 is 0 Å². The number of aliphatic imine (C=N–C) groups is 1. The van der Waals surface area contributed by atoms with Gasteiger partial charge in [0.25, 0.3) is 0 Å². The van der Waals surface area contributed by atoms with E-state index in [9.17, 15) is 0 Å². The van der Waals surface area contributed by atoms with E-state index in [2.05, 4.69) is 21.8 Å². The van der Waals surface area contributed by atoms with Crippen molar-refractivity contribution in [3.63, 3.8) is 0 Å². The molecule has 0 radical (unpaired) electrons. The van der Waals surface area contributed by atoms with Gasteiger partial charge >= 0.3 is 0 Å². The molecule has 0 bridgehead atoms. The number of hydrogen-bond donors (Lipinski definition) is 1. The maximum atomic E-state index is 6.15. The number of pyridine rings is 1. The molecule has 0 aliphatic carbocycles. The number of hydrogen-bond acceptors (Lipinski definition) is 5. The predicted molar refractivity (Wildman–Crippen MR) is 126 cm³/mol. The average Bonchev–Trinajstić information content (AvgIpc) is 2.73. The van der Waals surface area contributed by atoms with E-state index in [4.69, 9.17) is 15.2 Å². The fourth-order valence-corrected chi connectivity index (χ4v) is 3.53. The van der Waals surface area contributed by atoms with Crippen molar-refractivity contribution in [3.05, 3.63) is 48.2 Å². The van der Waals surface area contributed by atoms with E-state index in [1.165, 1.54) is 0 Å². The number of guanidine groups is 1. The Morgan fingerprint density at radius 2 is 1.89 bits per heavy atom. The van der Waals surface area contributed by atoms with Crippen LogP contribution in [0.15, 0.2) is 47.6 Å². The minimum atomic E-state index is 0. The lowest BCUT2D eigenvalue weighted by atomic mass is 10.2. The molecule has 2 heterocycles. The summed E-state index contributed by atoms with van der Waals surface area (Å²) in [6.07, 6.45) is 2.70. The normalized spacial score (nSPS) is 14.3. The molecule has 0 spiro atoms. The van der Waals surface area contributed by atoms with Crippen LogP contribution in [0.1, 0.15) is 18.9 Å². The third-order valence-electron chi connectivity index (χ3n) is 4.11. The van der Waals surface area contributed by atoms with Gasteiger partial charge in [-0.1, -0.05) is 13.0 Å². The first kappa shape index (κ1) is 22.6. The van der Waals surface area contributed by atoms with E-state index in [0.29, 0.717) is 30.7 Å². The Morgan fingerprint density at radius 3 is 2.61 bits per heavy atom. The van der Waals surface area contributed by atoms with E-state index >= 15 is 0 Å². The molecule has 0 unspecified atom stereocenters. The number of halogens is 1. The Balaban J connectivity index is 0.00000280. The lowest BCUT2D eigenvalue weighted by Crippen LogP contribution is -2.42. The lowest BCUT2D eigenvalue weighted by Gasteiger charge is -2.27. The van der Waals surface area contributed by atoms with Crippen LogP contribution < -0.4 is 15.2 Å². The Morgan fingerprint density at radius 1 is 1.18 bits per heavy atom. The molecule has 2 aromatic rings. The molecule has 3 rings (SSSR count). The molecular formula is C20H27IN4O2S. The van der Waals surface area contributed by atoms with Gasteiger partial charge in [0.15, 0.2) is 5.96 Å². The molecule has 1 fully saturated rings. The summed E-state index contributed by atoms with van der Waals surface area (Å²) in [6, 6.07) is 11.4. The second-order valence-corrected chi connectivity index (χ2v) is 7.39. The van der Waals surface area contributed by atoms with Crippen LogP contribution in [0.4, 0.5) is 0 Å². The number of thioether (sulfide) groups is 1. The molecule has 1 aromatic carbocycles. The largest absolute Gasteiger partial charge is 0.494 e. The Kier molecular flexibility index (Phi) is 9.69. The predicted octanol–water partition coefficient (Wildman–Crippen LogP) is 4.14. The van der Waals surface area contributed by atoms with Gasteiger partial charge in [0.2, 0.25) is 5.88 Å². The SMILES string of the molecule is CCCOc1ccc(Oc2ncccc2CN=C(N)N2CCSCC2)cc1.I. The zero-order chi connectivity index (χ0) is 18.9. The maximum Gasteiger partial charge on any atom is 0.224 e. The van der Waals surface area contributed by atoms with Crippen molar-refractivity contribution < 1.29 is 9.47 Å². The van der Waals surface area contributed by atoms with Crippen molar-refractivity contribution in [1.82, 2.24) is 9.88 Å². The smallest absolute Gasteiger partial charge is 0.224 e. The zero-order valence-electron chi connectivity index (χ0n) is 16.0. The molecule has 6 nitrogen and oxygen atoms in total. The van der Waals surface area contributed by atoms with Crippen molar-refractivity contribution in [2.24, 2.45) is 10.7 Å². The van der Waals surface area contributed by atoms with Gasteiger partial charge in [-0.25, -0.2) is 9.98 Å². The first-order valence-electron chi connectivity index (χ1n) is 9.23. The van der Waals surface area contributed by atoms with Crippen LogP contribution in [0.3, 0.4) is 0 Å². The van der Waals surface area contributed by atoms with Crippen LogP contribution in [-0.4, -0.2) is 47.0 Å². The highest BCUT2D eigenvalue weighted by atomic mass is 127. The molecule has 1 aliphatic heterocycles. The van der Waals surface area contributed by atoms with Gasteiger partial charge in [-0.3, -0.25) is 0 Å². The number of benzene rings is 1. The zero-order valence-corrected chi connectivity index (χ0v) is 19.2. The van der Waals surface area contributed by atoms with Crippen molar-refractivity contribution in [3.8, 4) is 17.4 Å². The highest BCUT2D eigenvalue weighted by Crippen LogP contribution is 2.25. The topological polar surface area (TPSA) is 73.0 Å². The Labute approximate surface area is 187 Å². The van der Waals surface area contributed by atoms with Gasteiger partial charge in [0.05, 0.1) is 13.2 Å². The van der Waals surface area contributed by atoms with Gasteiger partial charge in [0.1, 0.15) is 11.5 Å². The van der Waals surface area contributed by atoms with Gasteiger partial charge in [-0.05, 0) is 36.8 Å². The fourth-order valence-electron chi connectivity index (χ4n) is 2.63. The second-order valence-electron chi connectivity index (χ2n) is 6.16. The Hall–Kier alpha value is -1.68. The van der Waals surface area contributed by atoms with E-state index in [0.717, 1.165) is 42.3 Å². The molecule has 152 valence electrons. The molecule has 1 aliphatic rings. The minimum Gasteiger partial charge on any atom is -0.494 e. The van der Waals surface area contributed by atoms with Crippen molar-refractivity contribution in [1.29, 1.82) is 0 Å². The third-order valence-corrected chi connectivity index (χ3v) is 5.05. The van der Waals surface area contributed by atoms with Crippen LogP contribution >= 0.6 is 35.7 Å². The highest BCUT2D eigenvalue weighted by Gasteiger charge is 2.13. The van der Waals surface area contributed by atoms with Crippen LogP contribution in [0, 0.1) is 0 Å². The first-order valence-corrected chi connectivity index (χ1v) is 10.4. The number of nitrogens with two attached hydrogens (primary N) is 1. The van der Waals surface area contributed by atoms with Crippen molar-refractivity contribution >= 4 is 41.7 Å². The molecule has 0 amide bonds. The van der Waals surface area contributed by atoms with E-state index in [1.807, 2.05) is 48.2 Å². The van der Waals surface area contributed by atoms with Crippen LogP contribution in [0.5, 0.6) is 17.4 Å². The molecular weight excluding hydrogens is 487 g/mol. The summed E-state index contributed by atoms with van der Waals surface area (Å²) in [5, 5.41) is 0. The molecule has 28 heavy (non-hydrogen) atoms. The summed E-state index contributed by atoms with van der Waals surface area (Å²) >= 11 is 1.95. The average molecular weight is 514 g/mol. The van der Waals surface area contributed by atoms with E-state index in [1.54, 1.807) is 6.20 Å². The monoisotopic (exact) mass is 514 g/mol. The van der Waals surface area contributed by atoms with Crippen LogP contribution in [-0.2, 0) is 6.54 Å². The standard InChI is InChI=1S/C20H26N4O2S.HI/c1-2-12-25-17-5-7-18(8-6-17)26-19-16(4-3-9-22-19)15-23-20(21)24-10-13-27-14-11-24;/h3-9H,2,10-15H2,1H3,(H2,21,23);1H. The summed E-state index contributed by atoms with van der Waals surface area (Å²) in [5.41, 5.74) is 7.05.